The van der Waals surface area contributed by atoms with Crippen molar-refractivity contribution in [1.29, 1.82) is 0 Å². The Morgan fingerprint density at radius 1 is 1.10 bits per heavy atom. The zero-order valence-electron chi connectivity index (χ0n) is 18.4. The van der Waals surface area contributed by atoms with Gasteiger partial charge < -0.3 is 10.6 Å². The summed E-state index contributed by atoms with van der Waals surface area (Å²) in [6.07, 6.45) is 0.848. The van der Waals surface area contributed by atoms with Crippen LogP contribution in [0.5, 0.6) is 0 Å². The summed E-state index contributed by atoms with van der Waals surface area (Å²) in [6.45, 7) is 7.09. The van der Waals surface area contributed by atoms with Gasteiger partial charge in [0.25, 0.3) is 0 Å². The minimum absolute atomic E-state index is 0.0181. The number of anilines is 1. The second-order valence-electron chi connectivity index (χ2n) is 9.12. The quantitative estimate of drug-likeness (QED) is 0.805. The largest absolute Gasteiger partial charge is 0.369 e. The number of guanidine groups is 1. The first-order valence-electron chi connectivity index (χ1n) is 10.9. The number of hydrogen-bond acceptors (Lipinski definition) is 4. The van der Waals surface area contributed by atoms with Crippen LogP contribution in [-0.4, -0.2) is 34.8 Å². The highest BCUT2D eigenvalue weighted by Crippen LogP contribution is 2.33. The average Bonchev–Trinajstić information content (AvgIpc) is 3.13. The van der Waals surface area contributed by atoms with E-state index in [1.54, 1.807) is 4.90 Å². The van der Waals surface area contributed by atoms with E-state index in [2.05, 4.69) is 31.0 Å². The summed E-state index contributed by atoms with van der Waals surface area (Å²) in [5.41, 5.74) is 8.69. The highest BCUT2D eigenvalue weighted by Gasteiger charge is 2.38. The highest BCUT2D eigenvalue weighted by atomic mass is 16.2. The third-order valence-corrected chi connectivity index (χ3v) is 6.66. The lowest BCUT2D eigenvalue weighted by Gasteiger charge is -2.37. The van der Waals surface area contributed by atoms with Gasteiger partial charge in [0.1, 0.15) is 0 Å². The van der Waals surface area contributed by atoms with Crippen LogP contribution < -0.4 is 10.6 Å². The van der Waals surface area contributed by atoms with E-state index in [-0.39, 0.29) is 29.6 Å². The topological polar surface area (TPSA) is 79.0 Å². The van der Waals surface area contributed by atoms with Gasteiger partial charge in [-0.2, -0.15) is 0 Å². The summed E-state index contributed by atoms with van der Waals surface area (Å²) in [5.74, 6) is 0.778. The van der Waals surface area contributed by atoms with E-state index in [4.69, 9.17) is 5.73 Å². The van der Waals surface area contributed by atoms with Crippen LogP contribution >= 0.6 is 0 Å². The molecule has 162 valence electrons. The van der Waals surface area contributed by atoms with E-state index in [1.807, 2.05) is 54.3 Å². The molecule has 2 heterocycles. The van der Waals surface area contributed by atoms with Crippen molar-refractivity contribution in [1.82, 2.24) is 4.90 Å². The lowest BCUT2D eigenvalue weighted by molar-refractivity contribution is -0.130. The van der Waals surface area contributed by atoms with E-state index in [0.29, 0.717) is 25.9 Å². The molecule has 0 radical (unpaired) electrons. The molecule has 0 aliphatic carbocycles. The second kappa shape index (κ2) is 8.17. The molecule has 1 saturated heterocycles. The summed E-state index contributed by atoms with van der Waals surface area (Å²) in [7, 11) is 0. The van der Waals surface area contributed by atoms with Crippen molar-refractivity contribution in [3.63, 3.8) is 0 Å². The van der Waals surface area contributed by atoms with Crippen LogP contribution in [0, 0.1) is 5.92 Å². The van der Waals surface area contributed by atoms with Gasteiger partial charge in [-0.15, -0.1) is 0 Å². The van der Waals surface area contributed by atoms with Gasteiger partial charge in [0, 0.05) is 24.6 Å². The zero-order chi connectivity index (χ0) is 22.2. The van der Waals surface area contributed by atoms with Crippen LogP contribution in [0.15, 0.2) is 59.6 Å². The zero-order valence-corrected chi connectivity index (χ0v) is 18.4. The summed E-state index contributed by atoms with van der Waals surface area (Å²) in [4.78, 5) is 33.6. The van der Waals surface area contributed by atoms with Gasteiger partial charge in [-0.25, -0.2) is 4.99 Å². The molecule has 6 heteroatoms. The van der Waals surface area contributed by atoms with Gasteiger partial charge in [-0.3, -0.25) is 14.5 Å². The maximum absolute atomic E-state index is 12.8. The van der Waals surface area contributed by atoms with Crippen molar-refractivity contribution < 1.29 is 9.59 Å². The molecule has 1 unspecified atom stereocenters. The monoisotopic (exact) mass is 418 g/mol. The fraction of sp³-hybridized carbons (Fsp3) is 0.400. The lowest BCUT2D eigenvalue weighted by Crippen LogP contribution is -2.51. The fourth-order valence-electron chi connectivity index (χ4n) is 4.30. The first kappa shape index (κ1) is 21.1. The summed E-state index contributed by atoms with van der Waals surface area (Å²) < 4.78 is 0. The SMILES string of the molecule is CC(C)[C@]1(C)CC(=O)N(Cc2cccc(N3CC(c4ccccc4)CC3=O)c2)C(N)=N1. The number of hydrogen-bond donors (Lipinski definition) is 1. The van der Waals surface area contributed by atoms with E-state index >= 15 is 0 Å². The van der Waals surface area contributed by atoms with E-state index < -0.39 is 5.54 Å². The second-order valence-corrected chi connectivity index (χ2v) is 9.12. The van der Waals surface area contributed by atoms with Crippen molar-refractivity contribution in [2.75, 3.05) is 11.4 Å². The number of nitrogens with zero attached hydrogens (tertiary/aromatic N) is 3. The van der Waals surface area contributed by atoms with Crippen LogP contribution in [0.3, 0.4) is 0 Å². The van der Waals surface area contributed by atoms with Crippen LogP contribution in [-0.2, 0) is 16.1 Å². The molecule has 2 aromatic rings. The molecule has 0 aromatic heterocycles. The van der Waals surface area contributed by atoms with E-state index in [0.717, 1.165) is 11.3 Å². The number of amides is 2. The van der Waals surface area contributed by atoms with Gasteiger partial charge >= 0.3 is 0 Å². The molecule has 4 rings (SSSR count). The number of nitrogens with two attached hydrogens (primary N) is 1. The maximum atomic E-state index is 12.8. The minimum Gasteiger partial charge on any atom is -0.369 e. The van der Waals surface area contributed by atoms with Crippen LogP contribution in [0.1, 0.15) is 50.7 Å². The van der Waals surface area contributed by atoms with E-state index in [9.17, 15) is 9.59 Å². The van der Waals surface area contributed by atoms with Gasteiger partial charge in [0.15, 0.2) is 5.96 Å². The molecule has 0 spiro atoms. The van der Waals surface area contributed by atoms with Crippen molar-refractivity contribution in [2.45, 2.75) is 51.6 Å². The summed E-state index contributed by atoms with van der Waals surface area (Å²) in [6, 6.07) is 18.0. The first-order valence-corrected chi connectivity index (χ1v) is 10.9. The standard InChI is InChI=1S/C25H30N4O2/c1-17(2)25(3)14-23(31)29(24(26)27-25)15-18-8-7-11-21(12-18)28-16-20(13-22(28)30)19-9-5-4-6-10-19/h4-12,17,20H,13-16H2,1-3H3,(H2,26,27)/t20?,25-/m0/s1. The third-order valence-electron chi connectivity index (χ3n) is 6.66. The Morgan fingerprint density at radius 3 is 2.52 bits per heavy atom. The number of aliphatic imine (C=N–C) groups is 1. The number of carbonyl (C=O) groups excluding carboxylic acids is 2. The summed E-state index contributed by atoms with van der Waals surface area (Å²) in [5, 5.41) is 0. The number of carbonyl (C=O) groups is 2. The maximum Gasteiger partial charge on any atom is 0.232 e. The molecule has 6 nitrogen and oxygen atoms in total. The molecule has 31 heavy (non-hydrogen) atoms. The molecule has 2 amide bonds. The molecule has 2 atom stereocenters. The molecule has 0 saturated carbocycles. The minimum atomic E-state index is -0.464. The highest BCUT2D eigenvalue weighted by molar-refractivity contribution is 5.99. The molecule has 2 aliphatic rings. The predicted molar refractivity (Wildman–Crippen MR) is 123 cm³/mol. The van der Waals surface area contributed by atoms with Crippen LogP contribution in [0.25, 0.3) is 0 Å². The number of benzene rings is 2. The Kier molecular flexibility index (Phi) is 5.56. The molecular weight excluding hydrogens is 388 g/mol. The van der Waals surface area contributed by atoms with Crippen LogP contribution in [0.2, 0.25) is 0 Å². The Labute approximate surface area is 183 Å². The summed E-state index contributed by atoms with van der Waals surface area (Å²) >= 11 is 0. The fourth-order valence-corrected chi connectivity index (χ4v) is 4.30. The Hall–Kier alpha value is -3.15. The third kappa shape index (κ3) is 4.20. The first-order chi connectivity index (χ1) is 14.8. The molecular formula is C25H30N4O2. The normalized spacial score (nSPS) is 24.1. The Morgan fingerprint density at radius 2 is 1.84 bits per heavy atom. The Balaban J connectivity index is 1.52. The van der Waals surface area contributed by atoms with Crippen molar-refractivity contribution in [3.05, 3.63) is 65.7 Å². The van der Waals surface area contributed by atoms with Gasteiger partial charge in [-0.05, 0) is 36.1 Å². The predicted octanol–water partition coefficient (Wildman–Crippen LogP) is 3.67. The molecule has 2 N–H and O–H groups in total. The van der Waals surface area contributed by atoms with Crippen molar-refractivity contribution >= 4 is 23.5 Å². The van der Waals surface area contributed by atoms with Gasteiger partial charge in [0.2, 0.25) is 11.8 Å². The van der Waals surface area contributed by atoms with E-state index in [1.165, 1.54) is 5.56 Å². The Bertz CT molecular complexity index is 1020. The number of rotatable bonds is 5. The molecule has 0 bridgehead atoms. The molecule has 2 aliphatic heterocycles. The van der Waals surface area contributed by atoms with Crippen LogP contribution in [0.4, 0.5) is 5.69 Å². The smallest absolute Gasteiger partial charge is 0.232 e. The molecule has 1 fully saturated rings. The van der Waals surface area contributed by atoms with Crippen molar-refractivity contribution in [2.24, 2.45) is 16.6 Å². The lowest BCUT2D eigenvalue weighted by atomic mass is 9.84. The average molecular weight is 419 g/mol. The van der Waals surface area contributed by atoms with Gasteiger partial charge in [-0.1, -0.05) is 56.3 Å². The molecule has 2 aromatic carbocycles. The van der Waals surface area contributed by atoms with Crippen molar-refractivity contribution in [3.8, 4) is 0 Å². The van der Waals surface area contributed by atoms with Gasteiger partial charge in [0.05, 0.1) is 18.5 Å².